The summed E-state index contributed by atoms with van der Waals surface area (Å²) in [6, 6.07) is 21.9. The Morgan fingerprint density at radius 1 is 0.931 bits per heavy atom. The summed E-state index contributed by atoms with van der Waals surface area (Å²) < 4.78 is 1.63. The fraction of sp³-hybridized carbons (Fsp3) is 0.0455. The molecule has 1 aromatic heterocycles. The van der Waals surface area contributed by atoms with Crippen molar-refractivity contribution in [3.63, 3.8) is 0 Å². The highest BCUT2D eigenvalue weighted by Gasteiger charge is 2.20. The van der Waals surface area contributed by atoms with Crippen molar-refractivity contribution in [2.45, 2.75) is 6.92 Å². The van der Waals surface area contributed by atoms with Gasteiger partial charge >= 0.3 is 0 Å². The molecule has 0 aliphatic carbocycles. The highest BCUT2D eigenvalue weighted by molar-refractivity contribution is 6.31. The molecule has 0 fully saturated rings. The van der Waals surface area contributed by atoms with Crippen molar-refractivity contribution in [3.8, 4) is 17.1 Å². The number of nitrogens with one attached hydrogen (secondary N) is 1. The van der Waals surface area contributed by atoms with Crippen LogP contribution in [0.2, 0.25) is 10.0 Å². The molecule has 29 heavy (non-hydrogen) atoms. The second kappa shape index (κ2) is 8.07. The van der Waals surface area contributed by atoms with E-state index >= 15 is 0 Å². The number of benzene rings is 3. The van der Waals surface area contributed by atoms with Gasteiger partial charge in [-0.25, -0.2) is 9.67 Å². The summed E-state index contributed by atoms with van der Waals surface area (Å²) >= 11 is 12.3. The SMILES string of the molecule is Cc1c(Cl)cccc1-n1nc(C(=O)Nc2ccccc2)nc1-c1ccc(Cl)cc1. The molecule has 0 spiro atoms. The summed E-state index contributed by atoms with van der Waals surface area (Å²) in [5.74, 6) is 0.174. The van der Waals surface area contributed by atoms with Crippen molar-refractivity contribution >= 4 is 34.8 Å². The molecule has 0 radical (unpaired) electrons. The Morgan fingerprint density at radius 2 is 1.66 bits per heavy atom. The lowest BCUT2D eigenvalue weighted by atomic mass is 10.1. The maximum Gasteiger partial charge on any atom is 0.295 e. The van der Waals surface area contributed by atoms with E-state index in [1.807, 2.05) is 55.5 Å². The first-order valence-corrected chi connectivity index (χ1v) is 9.63. The Kier molecular flexibility index (Phi) is 5.34. The molecule has 0 bridgehead atoms. The van der Waals surface area contributed by atoms with Gasteiger partial charge in [0.2, 0.25) is 5.82 Å². The number of aromatic nitrogens is 3. The van der Waals surface area contributed by atoms with E-state index in [1.165, 1.54) is 0 Å². The zero-order chi connectivity index (χ0) is 20.4. The van der Waals surface area contributed by atoms with E-state index < -0.39 is 5.91 Å². The Labute approximate surface area is 177 Å². The highest BCUT2D eigenvalue weighted by atomic mass is 35.5. The molecule has 0 unspecified atom stereocenters. The van der Waals surface area contributed by atoms with E-state index in [1.54, 1.807) is 28.9 Å². The molecule has 0 saturated carbocycles. The van der Waals surface area contributed by atoms with Gasteiger partial charge in [-0.15, -0.1) is 5.10 Å². The van der Waals surface area contributed by atoms with Crippen molar-refractivity contribution in [2.24, 2.45) is 0 Å². The second-order valence-corrected chi connectivity index (χ2v) is 7.23. The third-order valence-electron chi connectivity index (χ3n) is 4.41. The third kappa shape index (κ3) is 4.01. The van der Waals surface area contributed by atoms with E-state index in [2.05, 4.69) is 15.4 Å². The highest BCUT2D eigenvalue weighted by Crippen LogP contribution is 2.27. The number of halogens is 2. The average molecular weight is 423 g/mol. The fourth-order valence-corrected chi connectivity index (χ4v) is 3.19. The van der Waals surface area contributed by atoms with Gasteiger partial charge < -0.3 is 5.32 Å². The number of hydrogen-bond acceptors (Lipinski definition) is 3. The minimum absolute atomic E-state index is 0.0539. The maximum absolute atomic E-state index is 12.8. The van der Waals surface area contributed by atoms with E-state index in [0.717, 1.165) is 16.8 Å². The number of carbonyl (C=O) groups is 1. The van der Waals surface area contributed by atoms with Crippen LogP contribution in [0.15, 0.2) is 72.8 Å². The molecule has 1 heterocycles. The standard InChI is InChI=1S/C22H16Cl2N4O/c1-14-18(24)8-5-9-19(14)28-21(15-10-12-16(23)13-11-15)26-20(27-28)22(29)25-17-6-3-2-4-7-17/h2-13H,1H3,(H,25,29). The van der Waals surface area contributed by atoms with Crippen molar-refractivity contribution in [1.82, 2.24) is 14.8 Å². The van der Waals surface area contributed by atoms with Gasteiger partial charge in [0.15, 0.2) is 5.82 Å². The molecule has 144 valence electrons. The normalized spacial score (nSPS) is 10.7. The van der Waals surface area contributed by atoms with Gasteiger partial charge in [-0.2, -0.15) is 0 Å². The van der Waals surface area contributed by atoms with E-state index in [4.69, 9.17) is 23.2 Å². The average Bonchev–Trinajstić information content (AvgIpc) is 3.17. The predicted molar refractivity (Wildman–Crippen MR) is 116 cm³/mol. The van der Waals surface area contributed by atoms with Gasteiger partial charge in [-0.05, 0) is 61.0 Å². The van der Waals surface area contributed by atoms with Crippen molar-refractivity contribution in [2.75, 3.05) is 5.32 Å². The molecule has 0 aliphatic rings. The Morgan fingerprint density at radius 3 is 2.38 bits per heavy atom. The summed E-state index contributed by atoms with van der Waals surface area (Å²) in [5, 5.41) is 8.51. The molecule has 0 atom stereocenters. The number of para-hydroxylation sites is 1. The van der Waals surface area contributed by atoms with Gasteiger partial charge in [0.05, 0.1) is 5.69 Å². The molecule has 0 saturated heterocycles. The lowest BCUT2D eigenvalue weighted by Gasteiger charge is -2.10. The van der Waals surface area contributed by atoms with E-state index in [9.17, 15) is 4.79 Å². The number of amides is 1. The van der Waals surface area contributed by atoms with Crippen LogP contribution < -0.4 is 5.32 Å². The first kappa shape index (κ1) is 19.2. The van der Waals surface area contributed by atoms with Gasteiger partial charge in [0.1, 0.15) is 0 Å². The van der Waals surface area contributed by atoms with Crippen LogP contribution >= 0.6 is 23.2 Å². The molecule has 5 nitrogen and oxygen atoms in total. The van der Waals surface area contributed by atoms with Crippen LogP contribution in [-0.4, -0.2) is 20.7 Å². The third-order valence-corrected chi connectivity index (χ3v) is 5.07. The van der Waals surface area contributed by atoms with Gasteiger partial charge in [0.25, 0.3) is 5.91 Å². The summed E-state index contributed by atoms with van der Waals surface area (Å²) in [7, 11) is 0. The van der Waals surface area contributed by atoms with E-state index in [0.29, 0.717) is 21.6 Å². The molecule has 4 rings (SSSR count). The quantitative estimate of drug-likeness (QED) is 0.451. The van der Waals surface area contributed by atoms with Crippen LogP contribution in [0, 0.1) is 6.92 Å². The smallest absolute Gasteiger partial charge is 0.295 e. The van der Waals surface area contributed by atoms with Crippen LogP contribution in [0.4, 0.5) is 5.69 Å². The molecule has 7 heteroatoms. The molecule has 1 amide bonds. The van der Waals surface area contributed by atoms with Gasteiger partial charge in [-0.1, -0.05) is 47.5 Å². The lowest BCUT2D eigenvalue weighted by Crippen LogP contribution is -2.14. The van der Waals surface area contributed by atoms with Crippen LogP contribution in [-0.2, 0) is 0 Å². The molecule has 0 aliphatic heterocycles. The monoisotopic (exact) mass is 422 g/mol. The first-order chi connectivity index (χ1) is 14.0. The minimum Gasteiger partial charge on any atom is -0.319 e. The van der Waals surface area contributed by atoms with Crippen LogP contribution in [0.25, 0.3) is 17.1 Å². The number of hydrogen-bond donors (Lipinski definition) is 1. The summed E-state index contributed by atoms with van der Waals surface area (Å²) in [4.78, 5) is 17.3. The number of carbonyl (C=O) groups excluding carboxylic acids is 1. The van der Waals surface area contributed by atoms with Crippen LogP contribution in [0.1, 0.15) is 16.2 Å². The topological polar surface area (TPSA) is 59.8 Å². The zero-order valence-electron chi connectivity index (χ0n) is 15.4. The molecular weight excluding hydrogens is 407 g/mol. The van der Waals surface area contributed by atoms with Crippen molar-refractivity contribution < 1.29 is 4.79 Å². The Bertz CT molecular complexity index is 1170. The summed E-state index contributed by atoms with van der Waals surface area (Å²) in [5.41, 5.74) is 3.03. The fourth-order valence-electron chi connectivity index (χ4n) is 2.90. The first-order valence-electron chi connectivity index (χ1n) is 8.88. The maximum atomic E-state index is 12.8. The van der Waals surface area contributed by atoms with Gasteiger partial charge in [0, 0.05) is 21.3 Å². The Hall–Kier alpha value is -3.15. The number of nitrogens with zero attached hydrogens (tertiary/aromatic N) is 3. The second-order valence-electron chi connectivity index (χ2n) is 6.38. The van der Waals surface area contributed by atoms with Crippen molar-refractivity contribution in [1.29, 1.82) is 0 Å². The molecule has 4 aromatic rings. The van der Waals surface area contributed by atoms with Crippen LogP contribution in [0.3, 0.4) is 0 Å². The van der Waals surface area contributed by atoms with Gasteiger partial charge in [-0.3, -0.25) is 4.79 Å². The zero-order valence-corrected chi connectivity index (χ0v) is 16.9. The molecule has 3 aromatic carbocycles. The van der Waals surface area contributed by atoms with E-state index in [-0.39, 0.29) is 5.82 Å². The van der Waals surface area contributed by atoms with Crippen molar-refractivity contribution in [3.05, 3.63) is 94.2 Å². The lowest BCUT2D eigenvalue weighted by molar-refractivity contribution is 0.101. The number of anilines is 1. The summed E-state index contributed by atoms with van der Waals surface area (Å²) in [6.07, 6.45) is 0. The Balaban J connectivity index is 1.81. The molecular formula is C22H16Cl2N4O. The summed E-state index contributed by atoms with van der Waals surface area (Å²) in [6.45, 7) is 1.90. The largest absolute Gasteiger partial charge is 0.319 e. The minimum atomic E-state index is -0.398. The molecule has 1 N–H and O–H groups in total. The number of rotatable bonds is 4. The predicted octanol–water partition coefficient (Wildman–Crippen LogP) is 5.80. The van der Waals surface area contributed by atoms with Crippen LogP contribution in [0.5, 0.6) is 0 Å².